The normalized spacial score (nSPS) is 10.8. The summed E-state index contributed by atoms with van der Waals surface area (Å²) in [5.74, 6) is 0.470. The van der Waals surface area contributed by atoms with E-state index in [4.69, 9.17) is 0 Å². The zero-order chi connectivity index (χ0) is 17.9. The molecule has 128 valence electrons. The maximum atomic E-state index is 12.0. The Balaban J connectivity index is 1.64. The molecule has 0 bridgehead atoms. The molecule has 0 atom stereocenters. The molecule has 4 rings (SSSR count). The van der Waals surface area contributed by atoms with Gasteiger partial charge in [0.25, 0.3) is 5.56 Å². The highest BCUT2D eigenvalue weighted by Gasteiger charge is 2.06. The van der Waals surface area contributed by atoms with Crippen molar-refractivity contribution in [2.45, 2.75) is 13.5 Å². The molecule has 0 aliphatic heterocycles. The third kappa shape index (κ3) is 3.07. The second kappa shape index (κ2) is 6.80. The summed E-state index contributed by atoms with van der Waals surface area (Å²) in [6, 6.07) is 21.6. The summed E-state index contributed by atoms with van der Waals surface area (Å²) in [6.45, 7) is 2.50. The van der Waals surface area contributed by atoms with E-state index < -0.39 is 0 Å². The average Bonchev–Trinajstić information content (AvgIpc) is 2.69. The fourth-order valence-corrected chi connectivity index (χ4v) is 2.94. The van der Waals surface area contributed by atoms with Crippen LogP contribution >= 0.6 is 0 Å². The summed E-state index contributed by atoms with van der Waals surface area (Å²) in [7, 11) is 0. The molecule has 0 unspecified atom stereocenters. The number of pyridine rings is 1. The molecule has 0 saturated heterocycles. The van der Waals surface area contributed by atoms with Crippen LogP contribution in [0.5, 0.6) is 0 Å². The number of aryl methyl sites for hydroxylation is 1. The van der Waals surface area contributed by atoms with E-state index in [1.807, 2.05) is 37.3 Å². The molecule has 4 aromatic rings. The molecule has 0 spiro atoms. The van der Waals surface area contributed by atoms with Crippen LogP contribution in [0.15, 0.2) is 77.7 Å². The van der Waals surface area contributed by atoms with Crippen molar-refractivity contribution < 1.29 is 0 Å². The highest BCUT2D eigenvalue weighted by Crippen LogP contribution is 2.22. The number of anilines is 2. The van der Waals surface area contributed by atoms with Crippen LogP contribution in [0.2, 0.25) is 0 Å². The van der Waals surface area contributed by atoms with Gasteiger partial charge in [0.05, 0.1) is 0 Å². The van der Waals surface area contributed by atoms with Crippen LogP contribution in [-0.2, 0) is 6.54 Å². The van der Waals surface area contributed by atoms with Crippen molar-refractivity contribution >= 4 is 22.7 Å². The Morgan fingerprint density at radius 3 is 2.38 bits per heavy atom. The Morgan fingerprint density at radius 2 is 1.65 bits per heavy atom. The van der Waals surface area contributed by atoms with E-state index in [2.05, 4.69) is 39.6 Å². The first kappa shape index (κ1) is 16.0. The lowest BCUT2D eigenvalue weighted by Gasteiger charge is -2.09. The molecule has 0 aliphatic carbocycles. The van der Waals surface area contributed by atoms with Crippen molar-refractivity contribution in [2.75, 3.05) is 5.32 Å². The summed E-state index contributed by atoms with van der Waals surface area (Å²) in [4.78, 5) is 20.9. The van der Waals surface area contributed by atoms with Crippen LogP contribution in [0.3, 0.4) is 0 Å². The van der Waals surface area contributed by atoms with Gasteiger partial charge >= 0.3 is 0 Å². The van der Waals surface area contributed by atoms with Gasteiger partial charge in [-0.05, 0) is 36.2 Å². The number of rotatable bonds is 4. The minimum atomic E-state index is -0.0585. The predicted molar refractivity (Wildman–Crippen MR) is 105 cm³/mol. The molecule has 5 nitrogen and oxygen atoms in total. The first-order valence-electron chi connectivity index (χ1n) is 8.54. The van der Waals surface area contributed by atoms with E-state index in [0.29, 0.717) is 18.1 Å². The van der Waals surface area contributed by atoms with Gasteiger partial charge in [-0.3, -0.25) is 9.36 Å². The SMILES string of the molecule is CCn1c(=O)ccc2cnc(Nc3ccc(-c4ccccc4)cc3)nc21. The molecule has 26 heavy (non-hydrogen) atoms. The van der Waals surface area contributed by atoms with Gasteiger partial charge in [0.2, 0.25) is 5.95 Å². The van der Waals surface area contributed by atoms with Gasteiger partial charge in [-0.15, -0.1) is 0 Å². The number of hydrogen-bond donors (Lipinski definition) is 1. The number of fused-ring (bicyclic) bond motifs is 1. The highest BCUT2D eigenvalue weighted by atomic mass is 16.1. The van der Waals surface area contributed by atoms with E-state index in [1.54, 1.807) is 22.9 Å². The predicted octanol–water partition coefficient (Wildman–Crippen LogP) is 4.22. The van der Waals surface area contributed by atoms with Crippen molar-refractivity contribution in [3.63, 3.8) is 0 Å². The summed E-state index contributed by atoms with van der Waals surface area (Å²) in [5.41, 5.74) is 3.80. The van der Waals surface area contributed by atoms with Crippen LogP contribution in [0.1, 0.15) is 6.92 Å². The van der Waals surface area contributed by atoms with Crippen molar-refractivity contribution in [1.29, 1.82) is 0 Å². The maximum Gasteiger partial charge on any atom is 0.252 e. The van der Waals surface area contributed by atoms with Crippen LogP contribution in [0.25, 0.3) is 22.2 Å². The number of aromatic nitrogens is 3. The molecule has 2 heterocycles. The third-order valence-corrected chi connectivity index (χ3v) is 4.29. The number of nitrogens with one attached hydrogen (secondary N) is 1. The van der Waals surface area contributed by atoms with Crippen molar-refractivity contribution in [3.8, 4) is 11.1 Å². The average molecular weight is 342 g/mol. The van der Waals surface area contributed by atoms with Crippen LogP contribution < -0.4 is 10.9 Å². The lowest BCUT2D eigenvalue weighted by Crippen LogP contribution is -2.19. The molecular weight excluding hydrogens is 324 g/mol. The van der Waals surface area contributed by atoms with E-state index >= 15 is 0 Å². The van der Waals surface area contributed by atoms with E-state index in [1.165, 1.54) is 5.56 Å². The highest BCUT2D eigenvalue weighted by molar-refractivity contribution is 5.76. The third-order valence-electron chi connectivity index (χ3n) is 4.29. The van der Waals surface area contributed by atoms with Gasteiger partial charge < -0.3 is 5.32 Å². The van der Waals surface area contributed by atoms with Gasteiger partial charge in [0.15, 0.2) is 0 Å². The first-order chi connectivity index (χ1) is 12.7. The van der Waals surface area contributed by atoms with Crippen molar-refractivity contribution in [2.24, 2.45) is 0 Å². The quantitative estimate of drug-likeness (QED) is 0.603. The molecule has 0 amide bonds. The molecule has 1 N–H and O–H groups in total. The second-order valence-corrected chi connectivity index (χ2v) is 5.96. The molecule has 0 radical (unpaired) electrons. The fourth-order valence-electron chi connectivity index (χ4n) is 2.94. The van der Waals surface area contributed by atoms with Gasteiger partial charge in [-0.2, -0.15) is 4.98 Å². The van der Waals surface area contributed by atoms with Gasteiger partial charge in [0, 0.05) is 29.9 Å². The van der Waals surface area contributed by atoms with Crippen molar-refractivity contribution in [3.05, 3.63) is 83.3 Å². The lowest BCUT2D eigenvalue weighted by atomic mass is 10.1. The standard InChI is InChI=1S/C21H18N4O/c1-2-25-19(26)13-10-17-14-22-21(24-20(17)25)23-18-11-8-16(9-12-18)15-6-4-3-5-7-15/h3-14H,2H2,1H3,(H,22,23,24). The molecular formula is C21H18N4O. The summed E-state index contributed by atoms with van der Waals surface area (Å²) < 4.78 is 1.64. The van der Waals surface area contributed by atoms with Crippen molar-refractivity contribution in [1.82, 2.24) is 14.5 Å². The number of nitrogens with zero attached hydrogens (tertiary/aromatic N) is 3. The largest absolute Gasteiger partial charge is 0.324 e. The Labute approximate surface area is 151 Å². The zero-order valence-corrected chi connectivity index (χ0v) is 14.4. The van der Waals surface area contributed by atoms with E-state index in [0.717, 1.165) is 16.6 Å². The Morgan fingerprint density at radius 1 is 0.923 bits per heavy atom. The maximum absolute atomic E-state index is 12.0. The second-order valence-electron chi connectivity index (χ2n) is 5.96. The minimum absolute atomic E-state index is 0.0585. The van der Waals surface area contributed by atoms with E-state index in [-0.39, 0.29) is 5.56 Å². The van der Waals surface area contributed by atoms with Crippen LogP contribution in [0.4, 0.5) is 11.6 Å². The van der Waals surface area contributed by atoms with Gasteiger partial charge in [0.1, 0.15) is 5.65 Å². The zero-order valence-electron chi connectivity index (χ0n) is 14.4. The Kier molecular flexibility index (Phi) is 4.19. The smallest absolute Gasteiger partial charge is 0.252 e. The van der Waals surface area contributed by atoms with Gasteiger partial charge in [-0.25, -0.2) is 4.98 Å². The molecule has 5 heteroatoms. The summed E-state index contributed by atoms with van der Waals surface area (Å²) >= 11 is 0. The summed E-state index contributed by atoms with van der Waals surface area (Å²) in [5, 5.41) is 4.05. The lowest BCUT2D eigenvalue weighted by molar-refractivity contribution is 0.749. The van der Waals surface area contributed by atoms with Gasteiger partial charge in [-0.1, -0.05) is 42.5 Å². The van der Waals surface area contributed by atoms with Crippen LogP contribution in [-0.4, -0.2) is 14.5 Å². The summed E-state index contributed by atoms with van der Waals surface area (Å²) in [6.07, 6.45) is 1.73. The number of benzene rings is 2. The first-order valence-corrected chi connectivity index (χ1v) is 8.54. The Bertz CT molecular complexity index is 1100. The molecule has 0 aliphatic rings. The minimum Gasteiger partial charge on any atom is -0.324 e. The Hall–Kier alpha value is -3.47. The molecule has 0 saturated carbocycles. The number of hydrogen-bond acceptors (Lipinski definition) is 4. The topological polar surface area (TPSA) is 59.8 Å². The molecule has 0 fully saturated rings. The van der Waals surface area contributed by atoms with Crippen LogP contribution in [0, 0.1) is 0 Å². The monoisotopic (exact) mass is 342 g/mol. The molecule has 2 aromatic carbocycles. The van der Waals surface area contributed by atoms with E-state index in [9.17, 15) is 4.79 Å². The fraction of sp³-hybridized carbons (Fsp3) is 0.0952. The molecule has 2 aromatic heterocycles.